The Morgan fingerprint density at radius 1 is 1.06 bits per heavy atom. The van der Waals surface area contributed by atoms with E-state index in [9.17, 15) is 4.39 Å². The second kappa shape index (κ2) is 4.63. The fraction of sp³-hybridized carbons (Fsp3) is 0. The summed E-state index contributed by atoms with van der Waals surface area (Å²) in [6.07, 6.45) is 4.14. The van der Waals surface area contributed by atoms with E-state index in [1.54, 1.807) is 0 Å². The van der Waals surface area contributed by atoms with Crippen molar-refractivity contribution in [3.63, 3.8) is 0 Å². The average molecular weight is 259 g/mol. The SMILES string of the molecule is Fc1cc(Cl)cnc1Oc1cncc(Cl)c1. The molecule has 2 aromatic rings. The van der Waals surface area contributed by atoms with Crippen LogP contribution in [-0.2, 0) is 0 Å². The molecule has 6 heteroatoms. The highest BCUT2D eigenvalue weighted by atomic mass is 35.5. The van der Waals surface area contributed by atoms with Gasteiger partial charge in [0.15, 0.2) is 5.82 Å². The Morgan fingerprint density at radius 3 is 2.50 bits per heavy atom. The molecule has 0 N–H and O–H groups in total. The van der Waals surface area contributed by atoms with Crippen molar-refractivity contribution < 1.29 is 9.13 Å². The van der Waals surface area contributed by atoms with Crippen molar-refractivity contribution in [3.05, 3.63) is 46.6 Å². The molecule has 2 heterocycles. The Kier molecular flexibility index (Phi) is 3.22. The van der Waals surface area contributed by atoms with Crippen molar-refractivity contribution in [2.45, 2.75) is 0 Å². The molecule has 0 spiro atoms. The number of pyridine rings is 2. The first kappa shape index (κ1) is 11.1. The molecule has 2 aromatic heterocycles. The van der Waals surface area contributed by atoms with Gasteiger partial charge < -0.3 is 4.74 Å². The third-order valence-corrected chi connectivity index (χ3v) is 2.08. The zero-order valence-corrected chi connectivity index (χ0v) is 9.34. The molecule has 0 radical (unpaired) electrons. The molecule has 16 heavy (non-hydrogen) atoms. The van der Waals surface area contributed by atoms with Crippen LogP contribution in [0.2, 0.25) is 10.0 Å². The van der Waals surface area contributed by atoms with Crippen molar-refractivity contribution >= 4 is 23.2 Å². The van der Waals surface area contributed by atoms with E-state index in [-0.39, 0.29) is 10.9 Å². The summed E-state index contributed by atoms with van der Waals surface area (Å²) < 4.78 is 18.5. The molecule has 0 aliphatic rings. The molecule has 0 aliphatic carbocycles. The first-order chi connectivity index (χ1) is 7.65. The summed E-state index contributed by atoms with van der Waals surface area (Å²) >= 11 is 11.3. The molecule has 0 amide bonds. The van der Waals surface area contributed by atoms with Crippen molar-refractivity contribution in [2.24, 2.45) is 0 Å². The molecule has 82 valence electrons. The topological polar surface area (TPSA) is 35.0 Å². The Hall–Kier alpha value is -1.39. The third-order valence-electron chi connectivity index (χ3n) is 1.67. The highest BCUT2D eigenvalue weighted by Crippen LogP contribution is 2.24. The predicted octanol–water partition coefficient (Wildman–Crippen LogP) is 3.71. The van der Waals surface area contributed by atoms with Crippen LogP contribution in [-0.4, -0.2) is 9.97 Å². The van der Waals surface area contributed by atoms with Gasteiger partial charge in [0, 0.05) is 18.5 Å². The van der Waals surface area contributed by atoms with Gasteiger partial charge in [-0.15, -0.1) is 0 Å². The lowest BCUT2D eigenvalue weighted by Gasteiger charge is -2.05. The summed E-state index contributed by atoms with van der Waals surface area (Å²) in [4.78, 5) is 7.50. The fourth-order valence-electron chi connectivity index (χ4n) is 1.04. The fourth-order valence-corrected chi connectivity index (χ4v) is 1.35. The van der Waals surface area contributed by atoms with E-state index in [1.807, 2.05) is 0 Å². The lowest BCUT2D eigenvalue weighted by Crippen LogP contribution is -1.92. The Labute approximate surface area is 101 Å². The maximum atomic E-state index is 13.3. The maximum absolute atomic E-state index is 13.3. The van der Waals surface area contributed by atoms with Gasteiger partial charge >= 0.3 is 0 Å². The van der Waals surface area contributed by atoms with Crippen molar-refractivity contribution in [3.8, 4) is 11.6 Å². The van der Waals surface area contributed by atoms with Gasteiger partial charge in [-0.2, -0.15) is 0 Å². The van der Waals surface area contributed by atoms with Gasteiger partial charge in [0.25, 0.3) is 5.88 Å². The van der Waals surface area contributed by atoms with Gasteiger partial charge in [-0.1, -0.05) is 23.2 Å². The van der Waals surface area contributed by atoms with Gasteiger partial charge in [-0.25, -0.2) is 9.37 Å². The number of halogens is 3. The van der Waals surface area contributed by atoms with Crippen molar-refractivity contribution in [2.75, 3.05) is 0 Å². The van der Waals surface area contributed by atoms with Gasteiger partial charge in [-0.3, -0.25) is 4.98 Å². The molecule has 0 aromatic carbocycles. The average Bonchev–Trinajstić information content (AvgIpc) is 2.22. The summed E-state index contributed by atoms with van der Waals surface area (Å²) in [6, 6.07) is 2.62. The monoisotopic (exact) mass is 258 g/mol. The van der Waals surface area contributed by atoms with Crippen LogP contribution in [0.3, 0.4) is 0 Å². The van der Waals surface area contributed by atoms with Crippen LogP contribution in [0.5, 0.6) is 11.6 Å². The number of aromatic nitrogens is 2. The highest BCUT2D eigenvalue weighted by molar-refractivity contribution is 6.30. The van der Waals surface area contributed by atoms with Crippen LogP contribution < -0.4 is 4.74 Å². The second-order valence-electron chi connectivity index (χ2n) is 2.88. The van der Waals surface area contributed by atoms with Gasteiger partial charge in [0.1, 0.15) is 5.75 Å². The van der Waals surface area contributed by atoms with Crippen molar-refractivity contribution in [1.29, 1.82) is 0 Å². The Balaban J connectivity index is 2.27. The van der Waals surface area contributed by atoms with Gasteiger partial charge in [0.05, 0.1) is 16.2 Å². The minimum absolute atomic E-state index is 0.173. The maximum Gasteiger partial charge on any atom is 0.256 e. The summed E-state index contributed by atoms with van der Waals surface area (Å²) in [7, 11) is 0. The molecular formula is C10H5Cl2FN2O. The lowest BCUT2D eigenvalue weighted by atomic mass is 10.4. The summed E-state index contributed by atoms with van der Waals surface area (Å²) in [5.74, 6) is -0.512. The minimum atomic E-state index is -0.646. The molecule has 0 saturated carbocycles. The van der Waals surface area contributed by atoms with Gasteiger partial charge in [0.2, 0.25) is 0 Å². The number of nitrogens with zero attached hydrogens (tertiary/aromatic N) is 2. The number of hydrogen-bond acceptors (Lipinski definition) is 3. The Bertz CT molecular complexity index is 522. The first-order valence-corrected chi connectivity index (χ1v) is 5.00. The molecular weight excluding hydrogens is 254 g/mol. The van der Waals surface area contributed by atoms with E-state index < -0.39 is 5.82 Å². The third kappa shape index (κ3) is 2.59. The normalized spacial score (nSPS) is 10.2. The quantitative estimate of drug-likeness (QED) is 0.824. The molecule has 0 bridgehead atoms. The van der Waals surface area contributed by atoms with Crippen LogP contribution in [0, 0.1) is 5.82 Å². The van der Waals surface area contributed by atoms with Crippen LogP contribution >= 0.6 is 23.2 Å². The van der Waals surface area contributed by atoms with Crippen molar-refractivity contribution in [1.82, 2.24) is 9.97 Å². The molecule has 2 rings (SSSR count). The zero-order chi connectivity index (χ0) is 11.5. The van der Waals surface area contributed by atoms with E-state index in [2.05, 4.69) is 9.97 Å². The number of rotatable bonds is 2. The van der Waals surface area contributed by atoms with E-state index in [4.69, 9.17) is 27.9 Å². The predicted molar refractivity (Wildman–Crippen MR) is 58.5 cm³/mol. The smallest absolute Gasteiger partial charge is 0.256 e. The molecule has 0 unspecified atom stereocenters. The summed E-state index contributed by atoms with van der Waals surface area (Å²) in [5, 5.41) is 0.598. The Morgan fingerprint density at radius 2 is 1.81 bits per heavy atom. The largest absolute Gasteiger partial charge is 0.435 e. The summed E-state index contributed by atoms with van der Waals surface area (Å²) in [6.45, 7) is 0. The summed E-state index contributed by atoms with van der Waals surface area (Å²) in [5.41, 5.74) is 0. The molecule has 0 aliphatic heterocycles. The van der Waals surface area contributed by atoms with Crippen LogP contribution in [0.25, 0.3) is 0 Å². The number of hydrogen-bond donors (Lipinski definition) is 0. The van der Waals surface area contributed by atoms with Crippen LogP contribution in [0.15, 0.2) is 30.7 Å². The highest BCUT2D eigenvalue weighted by Gasteiger charge is 2.07. The lowest BCUT2D eigenvalue weighted by molar-refractivity contribution is 0.421. The van der Waals surface area contributed by atoms with Gasteiger partial charge in [-0.05, 0) is 6.07 Å². The zero-order valence-electron chi connectivity index (χ0n) is 7.82. The van der Waals surface area contributed by atoms with Crippen LogP contribution in [0.1, 0.15) is 0 Å². The van der Waals surface area contributed by atoms with Crippen LogP contribution in [0.4, 0.5) is 4.39 Å². The second-order valence-corrected chi connectivity index (χ2v) is 3.75. The number of ether oxygens (including phenoxy) is 1. The van der Waals surface area contributed by atoms with E-state index in [1.165, 1.54) is 24.7 Å². The molecule has 0 atom stereocenters. The molecule has 3 nitrogen and oxygen atoms in total. The minimum Gasteiger partial charge on any atom is -0.435 e. The standard InChI is InChI=1S/C10H5Cl2FN2O/c11-6-1-8(5-14-3-6)16-10-9(13)2-7(12)4-15-10/h1-5H. The van der Waals surface area contributed by atoms with E-state index in [0.717, 1.165) is 6.07 Å². The van der Waals surface area contributed by atoms with E-state index in [0.29, 0.717) is 10.8 Å². The molecule has 0 saturated heterocycles. The first-order valence-electron chi connectivity index (χ1n) is 4.24. The molecule has 0 fully saturated rings. The van der Waals surface area contributed by atoms with E-state index >= 15 is 0 Å².